The van der Waals surface area contributed by atoms with Crippen LogP contribution in [0.3, 0.4) is 0 Å². The fourth-order valence-electron chi connectivity index (χ4n) is 5.06. The molecule has 1 aromatic heterocycles. The van der Waals surface area contributed by atoms with Crippen molar-refractivity contribution in [1.82, 2.24) is 20.2 Å². The van der Waals surface area contributed by atoms with Crippen LogP contribution in [0.5, 0.6) is 0 Å². The lowest BCUT2D eigenvalue weighted by Gasteiger charge is -2.33. The molecule has 2 fully saturated rings. The third-order valence-electron chi connectivity index (χ3n) is 6.58. The van der Waals surface area contributed by atoms with E-state index in [0.717, 1.165) is 55.0 Å². The molecule has 1 saturated carbocycles. The molecule has 0 bridgehead atoms. The van der Waals surface area contributed by atoms with Crippen LogP contribution in [0.4, 0.5) is 5.82 Å². The van der Waals surface area contributed by atoms with Crippen molar-refractivity contribution in [3.8, 4) is 11.4 Å². The van der Waals surface area contributed by atoms with Crippen LogP contribution < -0.4 is 5.01 Å². The van der Waals surface area contributed by atoms with Crippen molar-refractivity contribution < 1.29 is 0 Å². The summed E-state index contributed by atoms with van der Waals surface area (Å²) < 4.78 is 0. The molecule has 5 nitrogen and oxygen atoms in total. The molecule has 0 N–H and O–H groups in total. The van der Waals surface area contributed by atoms with Gasteiger partial charge in [-0.2, -0.15) is 0 Å². The minimum Gasteiger partial charge on any atom is -0.287 e. The fraction of sp³-hybridized carbons (Fsp3) is 0.400. The van der Waals surface area contributed by atoms with Crippen LogP contribution in [-0.2, 0) is 6.42 Å². The third kappa shape index (κ3) is 3.82. The Morgan fingerprint density at radius 1 is 0.900 bits per heavy atom. The molecule has 1 aliphatic heterocycles. The highest BCUT2D eigenvalue weighted by Gasteiger charge is 2.39. The summed E-state index contributed by atoms with van der Waals surface area (Å²) in [7, 11) is 0. The van der Waals surface area contributed by atoms with Crippen LogP contribution >= 0.6 is 0 Å². The highest BCUT2D eigenvalue weighted by molar-refractivity contribution is 5.56. The van der Waals surface area contributed by atoms with Gasteiger partial charge in [-0.1, -0.05) is 67.1 Å². The van der Waals surface area contributed by atoms with Gasteiger partial charge < -0.3 is 0 Å². The lowest BCUT2D eigenvalue weighted by atomic mass is 10.0. The van der Waals surface area contributed by atoms with Gasteiger partial charge in [0.15, 0.2) is 11.6 Å². The number of hydrogen-bond acceptors (Lipinski definition) is 5. The van der Waals surface area contributed by atoms with E-state index in [4.69, 9.17) is 10.1 Å². The first-order valence-electron chi connectivity index (χ1n) is 11.2. The molecule has 1 saturated heterocycles. The van der Waals surface area contributed by atoms with Gasteiger partial charge in [0, 0.05) is 31.6 Å². The van der Waals surface area contributed by atoms with E-state index in [1.807, 2.05) is 30.3 Å². The molecule has 2 aliphatic rings. The molecule has 154 valence electrons. The second-order valence-electron chi connectivity index (χ2n) is 8.47. The van der Waals surface area contributed by atoms with Gasteiger partial charge in [0.2, 0.25) is 0 Å². The molecule has 0 spiro atoms. The topological polar surface area (TPSA) is 45.2 Å². The Kier molecular flexibility index (Phi) is 5.45. The number of benzene rings is 2. The second kappa shape index (κ2) is 8.52. The molecule has 5 rings (SSSR count). The van der Waals surface area contributed by atoms with Gasteiger partial charge in [-0.15, -0.1) is 10.2 Å². The number of rotatable bonds is 6. The Morgan fingerprint density at radius 3 is 2.23 bits per heavy atom. The zero-order chi connectivity index (χ0) is 20.3. The first-order valence-corrected chi connectivity index (χ1v) is 11.2. The molecule has 30 heavy (non-hydrogen) atoms. The van der Waals surface area contributed by atoms with E-state index in [1.165, 1.54) is 24.8 Å². The van der Waals surface area contributed by atoms with Crippen molar-refractivity contribution in [2.24, 2.45) is 11.8 Å². The van der Waals surface area contributed by atoms with Gasteiger partial charge in [0.05, 0.1) is 5.69 Å². The average molecular weight is 400 g/mol. The van der Waals surface area contributed by atoms with Crippen molar-refractivity contribution in [3.63, 3.8) is 0 Å². The summed E-state index contributed by atoms with van der Waals surface area (Å²) >= 11 is 0. The highest BCUT2D eigenvalue weighted by Crippen LogP contribution is 2.39. The number of fused-ring (bicyclic) bond motifs is 1. The molecule has 2 heterocycles. The average Bonchev–Trinajstić information content (AvgIpc) is 3.39. The lowest BCUT2D eigenvalue weighted by Crippen LogP contribution is -2.43. The maximum atomic E-state index is 5.01. The monoisotopic (exact) mass is 399 g/mol. The summed E-state index contributed by atoms with van der Waals surface area (Å²) in [5.74, 6) is 3.27. The van der Waals surface area contributed by atoms with E-state index in [9.17, 15) is 0 Å². The summed E-state index contributed by atoms with van der Waals surface area (Å²) in [4.78, 5) is 5.01. The van der Waals surface area contributed by atoms with Gasteiger partial charge in [-0.05, 0) is 37.2 Å². The van der Waals surface area contributed by atoms with E-state index in [-0.39, 0.29) is 0 Å². The first kappa shape index (κ1) is 19.2. The van der Waals surface area contributed by atoms with E-state index < -0.39 is 0 Å². The van der Waals surface area contributed by atoms with Gasteiger partial charge >= 0.3 is 0 Å². The molecular weight excluding hydrogens is 370 g/mol. The molecule has 3 aromatic rings. The number of hydrogen-bond donors (Lipinski definition) is 0. The normalized spacial score (nSPS) is 21.0. The zero-order valence-corrected chi connectivity index (χ0v) is 17.6. The Bertz CT molecular complexity index is 963. The molecule has 2 atom stereocenters. The molecular formula is C25H29N5. The van der Waals surface area contributed by atoms with Crippen molar-refractivity contribution >= 4 is 5.82 Å². The third-order valence-corrected chi connectivity index (χ3v) is 6.58. The molecule has 1 aliphatic carbocycles. The van der Waals surface area contributed by atoms with Crippen molar-refractivity contribution in [2.45, 2.75) is 32.6 Å². The van der Waals surface area contributed by atoms with E-state index in [2.05, 4.69) is 52.4 Å². The van der Waals surface area contributed by atoms with E-state index in [0.29, 0.717) is 5.82 Å². The Hall–Kier alpha value is -2.79. The first-order chi connectivity index (χ1) is 14.8. The Balaban J connectivity index is 1.50. The van der Waals surface area contributed by atoms with E-state index >= 15 is 0 Å². The van der Waals surface area contributed by atoms with Crippen molar-refractivity contribution in [1.29, 1.82) is 0 Å². The summed E-state index contributed by atoms with van der Waals surface area (Å²) in [5, 5.41) is 14.1. The summed E-state index contributed by atoms with van der Waals surface area (Å²) in [5.41, 5.74) is 3.24. The van der Waals surface area contributed by atoms with Crippen LogP contribution in [0.2, 0.25) is 0 Å². The fourth-order valence-corrected chi connectivity index (χ4v) is 5.06. The lowest BCUT2D eigenvalue weighted by molar-refractivity contribution is 0.283. The summed E-state index contributed by atoms with van der Waals surface area (Å²) in [6.07, 6.45) is 4.88. The Morgan fingerprint density at radius 2 is 1.57 bits per heavy atom. The molecule has 0 amide bonds. The van der Waals surface area contributed by atoms with Gasteiger partial charge in [-0.3, -0.25) is 5.01 Å². The number of aromatic nitrogens is 3. The quantitative estimate of drug-likeness (QED) is 0.606. The number of nitrogens with zero attached hydrogens (tertiary/aromatic N) is 5. The minimum absolute atomic E-state index is 0.694. The maximum Gasteiger partial charge on any atom is 0.187 e. The summed E-state index contributed by atoms with van der Waals surface area (Å²) in [6, 6.07) is 20.7. The molecule has 2 aromatic carbocycles. The molecule has 2 unspecified atom stereocenters. The predicted octanol–water partition coefficient (Wildman–Crippen LogP) is 4.60. The Labute approximate surface area is 178 Å². The maximum absolute atomic E-state index is 5.01. The SMILES string of the molecule is CCN(c1nnc(-c2ccccc2)nc1Cc1ccccc1)N1CC2CCCC2C1. The largest absolute Gasteiger partial charge is 0.287 e. The summed E-state index contributed by atoms with van der Waals surface area (Å²) in [6.45, 7) is 5.34. The number of anilines is 1. The van der Waals surface area contributed by atoms with Gasteiger partial charge in [0.25, 0.3) is 0 Å². The van der Waals surface area contributed by atoms with Crippen LogP contribution in [0.15, 0.2) is 60.7 Å². The smallest absolute Gasteiger partial charge is 0.187 e. The highest BCUT2D eigenvalue weighted by atomic mass is 15.7. The van der Waals surface area contributed by atoms with Crippen LogP contribution in [0.1, 0.15) is 37.4 Å². The van der Waals surface area contributed by atoms with Crippen molar-refractivity contribution in [2.75, 3.05) is 24.6 Å². The molecule has 5 heteroatoms. The zero-order valence-electron chi connectivity index (χ0n) is 17.6. The van der Waals surface area contributed by atoms with Gasteiger partial charge in [-0.25, -0.2) is 9.99 Å². The van der Waals surface area contributed by atoms with Crippen LogP contribution in [0.25, 0.3) is 11.4 Å². The van der Waals surface area contributed by atoms with E-state index in [1.54, 1.807) is 0 Å². The predicted molar refractivity (Wildman–Crippen MR) is 120 cm³/mol. The van der Waals surface area contributed by atoms with Crippen LogP contribution in [-0.4, -0.2) is 39.8 Å². The molecule has 0 radical (unpaired) electrons. The van der Waals surface area contributed by atoms with Crippen LogP contribution in [0, 0.1) is 11.8 Å². The van der Waals surface area contributed by atoms with Gasteiger partial charge in [0.1, 0.15) is 0 Å². The standard InChI is InChI=1S/C25H29N5/c1-2-30(29-17-21-14-9-15-22(21)18-29)25-23(16-19-10-5-3-6-11-19)26-24(27-28-25)20-12-7-4-8-13-20/h3-8,10-13,21-22H,2,9,14-18H2,1H3. The number of hydrazine groups is 1. The van der Waals surface area contributed by atoms with Crippen molar-refractivity contribution in [3.05, 3.63) is 71.9 Å². The minimum atomic E-state index is 0.694. The second-order valence-corrected chi connectivity index (χ2v) is 8.47.